The smallest absolute Gasteiger partial charge is 0.305 e. The molecule has 5 atom stereocenters. The van der Waals surface area contributed by atoms with E-state index in [1.165, 1.54) is 0 Å². The molecule has 5 N–H and O–H groups in total. The summed E-state index contributed by atoms with van der Waals surface area (Å²) in [7, 11) is 0. The highest BCUT2D eigenvalue weighted by molar-refractivity contribution is 5.87. The first-order chi connectivity index (χ1) is 17.8. The molecule has 37 heavy (non-hydrogen) atoms. The minimum atomic E-state index is -1.44. The van der Waals surface area contributed by atoms with Gasteiger partial charge in [-0.05, 0) is 36.5 Å². The molecule has 2 aromatic carbocycles. The van der Waals surface area contributed by atoms with E-state index in [0.717, 1.165) is 34.0 Å². The van der Waals surface area contributed by atoms with E-state index in [1.807, 2.05) is 55.6 Å². The second-order valence-corrected chi connectivity index (χ2v) is 9.55. The molecule has 2 heterocycles. The van der Waals surface area contributed by atoms with Gasteiger partial charge in [-0.1, -0.05) is 42.5 Å². The Bertz CT molecular complexity index is 1190. The Morgan fingerprint density at radius 1 is 1.00 bits per heavy atom. The van der Waals surface area contributed by atoms with Gasteiger partial charge in [0.2, 0.25) is 0 Å². The molecule has 0 aliphatic carbocycles. The Hall–Kier alpha value is -2.79. The molecule has 1 aromatic heterocycles. The molecule has 0 bridgehead atoms. The highest BCUT2D eigenvalue weighted by atomic mass is 16.5. The Kier molecular flexibility index (Phi) is 8.96. The fraction of sp³-hybridized carbons (Fsp3) is 0.464. The lowest BCUT2D eigenvalue weighted by molar-refractivity contribution is -0.231. The summed E-state index contributed by atoms with van der Waals surface area (Å²) >= 11 is 0. The van der Waals surface area contributed by atoms with Crippen LogP contribution in [0.4, 0.5) is 0 Å². The molecule has 1 saturated heterocycles. The van der Waals surface area contributed by atoms with Crippen LogP contribution in [0.15, 0.2) is 48.7 Å². The molecule has 1 fully saturated rings. The topological polar surface area (TPSA) is 142 Å². The van der Waals surface area contributed by atoms with Crippen molar-refractivity contribution in [1.82, 2.24) is 4.57 Å². The lowest BCUT2D eigenvalue weighted by atomic mass is 9.91. The molecule has 9 nitrogen and oxygen atoms in total. The van der Waals surface area contributed by atoms with E-state index in [9.17, 15) is 25.2 Å². The maximum Gasteiger partial charge on any atom is 0.305 e. The number of aromatic nitrogens is 1. The number of hydrogen-bond acceptors (Lipinski definition) is 8. The molecule has 200 valence electrons. The molecule has 4 rings (SSSR count). The number of carbonyl (C=O) groups excluding carboxylic acids is 1. The lowest BCUT2D eigenvalue weighted by Crippen LogP contribution is -2.55. The van der Waals surface area contributed by atoms with Crippen LogP contribution >= 0.6 is 0 Å². The summed E-state index contributed by atoms with van der Waals surface area (Å²) in [5.74, 6) is -0.310. The van der Waals surface area contributed by atoms with Gasteiger partial charge in [0.15, 0.2) is 0 Å². The first kappa shape index (κ1) is 27.3. The quantitative estimate of drug-likeness (QED) is 0.256. The summed E-state index contributed by atoms with van der Waals surface area (Å²) in [6.45, 7) is 1.94. The van der Waals surface area contributed by atoms with Crippen LogP contribution in [0.5, 0.6) is 0 Å². The minimum Gasteiger partial charge on any atom is -0.463 e. The van der Waals surface area contributed by atoms with Crippen LogP contribution in [0.25, 0.3) is 10.9 Å². The van der Waals surface area contributed by atoms with Gasteiger partial charge < -0.3 is 39.6 Å². The van der Waals surface area contributed by atoms with Crippen molar-refractivity contribution in [3.63, 3.8) is 0 Å². The average molecular weight is 514 g/mol. The summed E-state index contributed by atoms with van der Waals surface area (Å²) in [5, 5.41) is 50.4. The fourth-order valence-electron chi connectivity index (χ4n) is 4.96. The number of rotatable bonds is 10. The van der Waals surface area contributed by atoms with Crippen LogP contribution in [0, 0.1) is 6.92 Å². The van der Waals surface area contributed by atoms with Gasteiger partial charge in [0, 0.05) is 30.1 Å². The van der Waals surface area contributed by atoms with Crippen molar-refractivity contribution < 1.29 is 39.8 Å². The third-order valence-corrected chi connectivity index (χ3v) is 6.91. The van der Waals surface area contributed by atoms with Crippen molar-refractivity contribution in [2.24, 2.45) is 0 Å². The highest BCUT2D eigenvalue weighted by Gasteiger charge is 2.44. The number of hydrogen-bond donors (Lipinski definition) is 5. The van der Waals surface area contributed by atoms with Crippen molar-refractivity contribution >= 4 is 16.9 Å². The molecule has 3 aromatic rings. The average Bonchev–Trinajstić information content (AvgIpc) is 3.26. The maximum atomic E-state index is 11.6. The Labute approximate surface area is 215 Å². The number of ether oxygens (including phenoxy) is 2. The van der Waals surface area contributed by atoms with Gasteiger partial charge in [-0.15, -0.1) is 0 Å². The van der Waals surface area contributed by atoms with E-state index in [4.69, 9.17) is 14.6 Å². The second kappa shape index (κ2) is 12.2. The Balaban J connectivity index is 1.52. The van der Waals surface area contributed by atoms with E-state index in [0.29, 0.717) is 24.9 Å². The van der Waals surface area contributed by atoms with Crippen LogP contribution in [0.3, 0.4) is 0 Å². The van der Waals surface area contributed by atoms with Crippen molar-refractivity contribution in [3.8, 4) is 0 Å². The third kappa shape index (κ3) is 6.04. The van der Waals surface area contributed by atoms with E-state index in [1.54, 1.807) is 0 Å². The predicted molar refractivity (Wildman–Crippen MR) is 136 cm³/mol. The summed E-state index contributed by atoms with van der Waals surface area (Å²) in [5.41, 5.74) is 4.86. The molecule has 0 spiro atoms. The van der Waals surface area contributed by atoms with E-state index >= 15 is 0 Å². The van der Waals surface area contributed by atoms with Crippen LogP contribution in [-0.2, 0) is 27.2 Å². The molecule has 9 heteroatoms. The number of esters is 1. The summed E-state index contributed by atoms with van der Waals surface area (Å²) < 4.78 is 12.8. The maximum absolute atomic E-state index is 11.6. The lowest BCUT2D eigenvalue weighted by Gasteiger charge is -2.40. The largest absolute Gasteiger partial charge is 0.463 e. The monoisotopic (exact) mass is 513 g/mol. The normalized spacial score (nSPS) is 23.9. The number of para-hydroxylation sites is 1. The molecule has 0 unspecified atom stereocenters. The zero-order chi connectivity index (χ0) is 26.5. The summed E-state index contributed by atoms with van der Waals surface area (Å²) in [6.07, 6.45) is -2.48. The number of carbonyl (C=O) groups is 1. The number of nitrogens with zero attached hydrogens (tertiary/aromatic N) is 1. The van der Waals surface area contributed by atoms with Gasteiger partial charge in [-0.2, -0.15) is 0 Å². The summed E-state index contributed by atoms with van der Waals surface area (Å²) in [6, 6.07) is 14.0. The van der Waals surface area contributed by atoms with Crippen molar-refractivity contribution in [2.75, 3.05) is 19.8 Å². The molecule has 1 aliphatic rings. The van der Waals surface area contributed by atoms with Crippen LogP contribution in [0.2, 0.25) is 0 Å². The standard InChI is InChI=1S/C28H35NO8/c1-17-4-2-6-20-21(28-27(35)26(34)25(33)22(16-31)37-28)15-29(24(17)20)14-19-10-8-18(9-11-19)5-3-7-23(32)36-13-12-30/h2,4,6,8-11,15,22,25-28,30-31,33-35H,3,5,7,12-14,16H2,1H3/t22-,25-,26+,27-,28+/m1/s1. The first-order valence-electron chi connectivity index (χ1n) is 12.6. The molecule has 1 aliphatic heterocycles. The SMILES string of the molecule is Cc1cccc2c([C@@H]3O[C@H](CO)[C@@H](O)[C@H](O)[C@H]3O)cn(Cc3ccc(CCCC(=O)OCCO)cc3)c12. The van der Waals surface area contributed by atoms with Crippen molar-refractivity contribution in [2.45, 2.75) is 63.3 Å². The van der Waals surface area contributed by atoms with Crippen LogP contribution < -0.4 is 0 Å². The second-order valence-electron chi connectivity index (χ2n) is 9.55. The number of fused-ring (bicyclic) bond motifs is 1. The molecule has 0 amide bonds. The fourth-order valence-corrected chi connectivity index (χ4v) is 4.96. The zero-order valence-corrected chi connectivity index (χ0v) is 20.9. The molecule has 0 saturated carbocycles. The van der Waals surface area contributed by atoms with Gasteiger partial charge in [-0.3, -0.25) is 4.79 Å². The third-order valence-electron chi connectivity index (χ3n) is 6.91. The number of aliphatic hydroxyl groups is 5. The van der Waals surface area contributed by atoms with E-state index < -0.39 is 37.1 Å². The minimum absolute atomic E-state index is 0.0270. The predicted octanol–water partition coefficient (Wildman–Crippen LogP) is 1.37. The number of aryl methyl sites for hydroxylation is 2. The highest BCUT2D eigenvalue weighted by Crippen LogP contribution is 2.38. The number of aliphatic hydroxyl groups excluding tert-OH is 5. The zero-order valence-electron chi connectivity index (χ0n) is 20.9. The van der Waals surface area contributed by atoms with Gasteiger partial charge in [0.05, 0.1) is 18.7 Å². The summed E-state index contributed by atoms with van der Waals surface area (Å²) in [4.78, 5) is 11.6. The van der Waals surface area contributed by atoms with Gasteiger partial charge >= 0.3 is 5.97 Å². The van der Waals surface area contributed by atoms with Crippen molar-refractivity contribution in [3.05, 3.63) is 70.9 Å². The number of benzene rings is 2. The Morgan fingerprint density at radius 3 is 2.43 bits per heavy atom. The van der Waals surface area contributed by atoms with E-state index in [-0.39, 0.29) is 19.2 Å². The van der Waals surface area contributed by atoms with Gasteiger partial charge in [-0.25, -0.2) is 0 Å². The van der Waals surface area contributed by atoms with E-state index in [2.05, 4.69) is 4.57 Å². The van der Waals surface area contributed by atoms with Crippen LogP contribution in [0.1, 0.15) is 41.2 Å². The molecule has 0 radical (unpaired) electrons. The van der Waals surface area contributed by atoms with Crippen molar-refractivity contribution in [1.29, 1.82) is 0 Å². The van der Waals surface area contributed by atoms with Gasteiger partial charge in [0.1, 0.15) is 37.1 Å². The molecular formula is C28H35NO8. The molecular weight excluding hydrogens is 478 g/mol. The van der Waals surface area contributed by atoms with Crippen LogP contribution in [-0.4, -0.2) is 80.3 Å². The Morgan fingerprint density at radius 2 is 1.73 bits per heavy atom. The first-order valence-corrected chi connectivity index (χ1v) is 12.6. The van der Waals surface area contributed by atoms with Gasteiger partial charge in [0.25, 0.3) is 0 Å².